The highest BCUT2D eigenvalue weighted by atomic mass is 32.2. The number of nitrogens with one attached hydrogen (secondary N) is 1. The van der Waals surface area contributed by atoms with Crippen LogP contribution in [0.1, 0.15) is 40.1 Å². The maximum Gasteiger partial charge on any atom is 0.268 e. The third-order valence-corrected chi connectivity index (χ3v) is 6.60. The van der Waals surface area contributed by atoms with E-state index in [0.717, 1.165) is 30.1 Å². The summed E-state index contributed by atoms with van der Waals surface area (Å²) in [6.07, 6.45) is 2.68. The maximum atomic E-state index is 12.8. The van der Waals surface area contributed by atoms with Crippen molar-refractivity contribution in [2.24, 2.45) is 7.05 Å². The Morgan fingerprint density at radius 3 is 2.87 bits per heavy atom. The van der Waals surface area contributed by atoms with Gasteiger partial charge < -0.3 is 14.6 Å². The third-order valence-electron chi connectivity index (χ3n) is 5.42. The van der Waals surface area contributed by atoms with Crippen LogP contribution in [0.25, 0.3) is 0 Å². The van der Waals surface area contributed by atoms with Crippen molar-refractivity contribution in [1.29, 1.82) is 0 Å². The van der Waals surface area contributed by atoms with E-state index < -0.39 is 0 Å². The van der Waals surface area contributed by atoms with Gasteiger partial charge in [0, 0.05) is 43.0 Å². The van der Waals surface area contributed by atoms with Gasteiger partial charge in [0.05, 0.1) is 13.2 Å². The van der Waals surface area contributed by atoms with Crippen molar-refractivity contribution < 1.29 is 9.53 Å². The van der Waals surface area contributed by atoms with Crippen molar-refractivity contribution in [3.63, 3.8) is 0 Å². The second-order valence-electron chi connectivity index (χ2n) is 7.44. The van der Waals surface area contributed by atoms with Crippen LogP contribution in [-0.4, -0.2) is 37.9 Å². The minimum Gasteiger partial charge on any atom is -0.478 e. The van der Waals surface area contributed by atoms with Crippen molar-refractivity contribution in [3.05, 3.63) is 70.9 Å². The van der Waals surface area contributed by atoms with Gasteiger partial charge in [-0.05, 0) is 49.4 Å². The Bertz CT molecular complexity index is 1080. The van der Waals surface area contributed by atoms with Gasteiger partial charge in [0.2, 0.25) is 5.88 Å². The highest BCUT2D eigenvalue weighted by Crippen LogP contribution is 2.32. The van der Waals surface area contributed by atoms with Gasteiger partial charge >= 0.3 is 0 Å². The molecule has 8 heteroatoms. The number of rotatable bonds is 7. The second kappa shape index (κ2) is 9.53. The standard InChI is InChI=1S/C23H27N5O2S/c1-4-30-22-9-11-24-21(26-22)14-25-23(29)19-13-20(16(2)27(19)3)31-28-12-10-17-7-5-6-8-18(17)15-28/h5-9,11,13H,4,10,12,14-15H2,1-3H3,(H,25,29). The second-order valence-corrected chi connectivity index (χ2v) is 8.58. The Morgan fingerprint density at radius 2 is 2.06 bits per heavy atom. The molecule has 2 aromatic heterocycles. The van der Waals surface area contributed by atoms with Crippen LogP contribution in [-0.2, 0) is 26.6 Å². The molecule has 0 saturated heterocycles. The van der Waals surface area contributed by atoms with E-state index in [0.29, 0.717) is 24.0 Å². The molecule has 1 N–H and O–H groups in total. The summed E-state index contributed by atoms with van der Waals surface area (Å²) in [5, 5.41) is 2.92. The lowest BCUT2D eigenvalue weighted by Gasteiger charge is -2.27. The lowest BCUT2D eigenvalue weighted by molar-refractivity contribution is 0.0941. The monoisotopic (exact) mass is 437 g/mol. The van der Waals surface area contributed by atoms with E-state index in [1.807, 2.05) is 31.5 Å². The molecule has 0 fully saturated rings. The SMILES string of the molecule is CCOc1ccnc(CNC(=O)c2cc(SN3CCc4ccccc4C3)c(C)n2C)n1. The number of carbonyl (C=O) groups excluding carboxylic acids is 1. The summed E-state index contributed by atoms with van der Waals surface area (Å²) in [5.41, 5.74) is 4.50. The molecule has 1 aromatic carbocycles. The average molecular weight is 438 g/mol. The Kier molecular flexibility index (Phi) is 6.58. The number of benzene rings is 1. The lowest BCUT2D eigenvalue weighted by Crippen LogP contribution is -2.26. The molecule has 0 atom stereocenters. The molecule has 0 unspecified atom stereocenters. The van der Waals surface area contributed by atoms with Crippen LogP contribution in [0.5, 0.6) is 5.88 Å². The minimum atomic E-state index is -0.146. The summed E-state index contributed by atoms with van der Waals surface area (Å²) in [6, 6.07) is 12.3. The van der Waals surface area contributed by atoms with Gasteiger partial charge in [-0.3, -0.25) is 4.79 Å². The predicted molar refractivity (Wildman–Crippen MR) is 121 cm³/mol. The van der Waals surface area contributed by atoms with Gasteiger partial charge in [-0.2, -0.15) is 4.98 Å². The van der Waals surface area contributed by atoms with Crippen molar-refractivity contribution in [2.45, 2.75) is 38.3 Å². The van der Waals surface area contributed by atoms with Crippen LogP contribution in [0.3, 0.4) is 0 Å². The van der Waals surface area contributed by atoms with Crippen molar-refractivity contribution in [1.82, 2.24) is 24.2 Å². The van der Waals surface area contributed by atoms with Gasteiger partial charge in [0.25, 0.3) is 5.91 Å². The first kappa shape index (κ1) is 21.4. The number of hydrogen-bond donors (Lipinski definition) is 1. The molecule has 1 amide bonds. The van der Waals surface area contributed by atoms with Crippen LogP contribution in [0, 0.1) is 6.92 Å². The highest BCUT2D eigenvalue weighted by molar-refractivity contribution is 7.97. The van der Waals surface area contributed by atoms with Crippen molar-refractivity contribution in [2.75, 3.05) is 13.2 Å². The zero-order valence-electron chi connectivity index (χ0n) is 18.1. The fourth-order valence-corrected chi connectivity index (χ4v) is 4.71. The molecule has 0 spiro atoms. The number of fused-ring (bicyclic) bond motifs is 1. The fraction of sp³-hybridized carbons (Fsp3) is 0.348. The molecule has 0 aliphatic carbocycles. The van der Waals surface area contributed by atoms with Gasteiger partial charge in [0.15, 0.2) is 5.82 Å². The molecule has 3 heterocycles. The summed E-state index contributed by atoms with van der Waals surface area (Å²) >= 11 is 1.72. The Labute approximate surface area is 187 Å². The molecule has 3 aromatic rings. The van der Waals surface area contributed by atoms with Crippen LogP contribution >= 0.6 is 11.9 Å². The predicted octanol–water partition coefficient (Wildman–Crippen LogP) is 3.52. The molecular weight excluding hydrogens is 410 g/mol. The first-order chi connectivity index (χ1) is 15.0. The van der Waals surface area contributed by atoms with Gasteiger partial charge in [0.1, 0.15) is 5.69 Å². The van der Waals surface area contributed by atoms with Crippen LogP contribution in [0.2, 0.25) is 0 Å². The van der Waals surface area contributed by atoms with Crippen LogP contribution < -0.4 is 10.1 Å². The highest BCUT2D eigenvalue weighted by Gasteiger charge is 2.21. The molecular formula is C23H27N5O2S. The first-order valence-corrected chi connectivity index (χ1v) is 11.2. The van der Waals surface area contributed by atoms with Crippen LogP contribution in [0.15, 0.2) is 47.5 Å². The van der Waals surface area contributed by atoms with E-state index in [-0.39, 0.29) is 12.5 Å². The Hall–Kier alpha value is -2.84. The van der Waals surface area contributed by atoms with Gasteiger partial charge in [-0.1, -0.05) is 24.3 Å². The number of carbonyl (C=O) groups is 1. The quantitative estimate of drug-likeness (QED) is 0.570. The molecule has 1 aliphatic rings. The van der Waals surface area contributed by atoms with E-state index in [1.165, 1.54) is 11.1 Å². The van der Waals surface area contributed by atoms with E-state index >= 15 is 0 Å². The molecule has 31 heavy (non-hydrogen) atoms. The average Bonchev–Trinajstić information content (AvgIpc) is 3.06. The zero-order chi connectivity index (χ0) is 21.8. The topological polar surface area (TPSA) is 72.3 Å². The molecule has 0 saturated carbocycles. The number of ether oxygens (including phenoxy) is 1. The van der Waals surface area contributed by atoms with E-state index in [1.54, 1.807) is 24.2 Å². The Morgan fingerprint density at radius 1 is 1.26 bits per heavy atom. The molecule has 0 bridgehead atoms. The van der Waals surface area contributed by atoms with Crippen molar-refractivity contribution >= 4 is 17.9 Å². The van der Waals surface area contributed by atoms with Crippen LogP contribution in [0.4, 0.5) is 0 Å². The minimum absolute atomic E-state index is 0.146. The number of amides is 1. The molecule has 4 rings (SSSR count). The molecule has 0 radical (unpaired) electrons. The normalized spacial score (nSPS) is 13.6. The number of aromatic nitrogens is 3. The summed E-state index contributed by atoms with van der Waals surface area (Å²) < 4.78 is 9.69. The molecule has 1 aliphatic heterocycles. The van der Waals surface area contributed by atoms with Crippen molar-refractivity contribution in [3.8, 4) is 5.88 Å². The Balaban J connectivity index is 1.41. The smallest absolute Gasteiger partial charge is 0.268 e. The summed E-state index contributed by atoms with van der Waals surface area (Å²) in [6.45, 7) is 6.63. The fourth-order valence-electron chi connectivity index (χ4n) is 3.61. The number of hydrogen-bond acceptors (Lipinski definition) is 6. The lowest BCUT2D eigenvalue weighted by atomic mass is 10.0. The summed E-state index contributed by atoms with van der Waals surface area (Å²) in [4.78, 5) is 22.4. The molecule has 162 valence electrons. The summed E-state index contributed by atoms with van der Waals surface area (Å²) in [5.74, 6) is 0.886. The maximum absolute atomic E-state index is 12.8. The summed E-state index contributed by atoms with van der Waals surface area (Å²) in [7, 11) is 1.92. The zero-order valence-corrected chi connectivity index (χ0v) is 18.9. The number of nitrogens with zero attached hydrogens (tertiary/aromatic N) is 4. The third kappa shape index (κ3) is 4.91. The van der Waals surface area contributed by atoms with Gasteiger partial charge in [-0.25, -0.2) is 9.29 Å². The molecule has 7 nitrogen and oxygen atoms in total. The van der Waals surface area contributed by atoms with Gasteiger partial charge in [-0.15, -0.1) is 0 Å². The van der Waals surface area contributed by atoms with E-state index in [2.05, 4.69) is 43.9 Å². The first-order valence-electron chi connectivity index (χ1n) is 10.4. The largest absolute Gasteiger partial charge is 0.478 e. The van der Waals surface area contributed by atoms with E-state index in [4.69, 9.17) is 4.74 Å². The van der Waals surface area contributed by atoms with E-state index in [9.17, 15) is 4.79 Å².